The van der Waals surface area contributed by atoms with Crippen LogP contribution in [0.1, 0.15) is 27.1 Å². The standard InChI is InChI=1S/C14H18N2S/c1-10-4-12(3)13(5-11(10)2)6-15-7-14-8-16-9-17-14/h4-5,8-9,15H,6-7H2,1-3H3. The maximum absolute atomic E-state index is 4.07. The number of hydrogen-bond donors (Lipinski definition) is 1. The number of aromatic nitrogens is 1. The normalized spacial score (nSPS) is 10.8. The minimum atomic E-state index is 0.900. The third-order valence-electron chi connectivity index (χ3n) is 3.05. The van der Waals surface area contributed by atoms with Crippen LogP contribution in [0.3, 0.4) is 0 Å². The summed E-state index contributed by atoms with van der Waals surface area (Å²) in [7, 11) is 0. The number of thiazole rings is 1. The first-order valence-corrected chi connectivity index (χ1v) is 6.69. The topological polar surface area (TPSA) is 24.9 Å². The number of benzene rings is 1. The summed E-state index contributed by atoms with van der Waals surface area (Å²) in [4.78, 5) is 5.35. The van der Waals surface area contributed by atoms with E-state index in [9.17, 15) is 0 Å². The molecule has 0 aliphatic carbocycles. The van der Waals surface area contributed by atoms with Gasteiger partial charge in [0.2, 0.25) is 0 Å². The van der Waals surface area contributed by atoms with Crippen molar-refractivity contribution >= 4 is 11.3 Å². The molecule has 0 saturated heterocycles. The Balaban J connectivity index is 1.97. The Morgan fingerprint density at radius 3 is 2.53 bits per heavy atom. The Morgan fingerprint density at radius 1 is 1.06 bits per heavy atom. The van der Waals surface area contributed by atoms with E-state index < -0.39 is 0 Å². The lowest BCUT2D eigenvalue weighted by atomic mass is 10.0. The van der Waals surface area contributed by atoms with Gasteiger partial charge in [0, 0.05) is 24.2 Å². The van der Waals surface area contributed by atoms with Crippen molar-refractivity contribution in [1.82, 2.24) is 10.3 Å². The van der Waals surface area contributed by atoms with Gasteiger partial charge in [-0.05, 0) is 43.0 Å². The van der Waals surface area contributed by atoms with Gasteiger partial charge in [0.05, 0.1) is 5.51 Å². The summed E-state index contributed by atoms with van der Waals surface area (Å²) < 4.78 is 0. The fourth-order valence-electron chi connectivity index (χ4n) is 1.86. The van der Waals surface area contributed by atoms with Crippen molar-refractivity contribution in [3.63, 3.8) is 0 Å². The fraction of sp³-hybridized carbons (Fsp3) is 0.357. The number of aryl methyl sites for hydroxylation is 3. The lowest BCUT2D eigenvalue weighted by molar-refractivity contribution is 0.696. The number of rotatable bonds is 4. The Hall–Kier alpha value is -1.19. The van der Waals surface area contributed by atoms with Crippen LogP contribution >= 0.6 is 11.3 Å². The molecule has 0 fully saturated rings. The highest BCUT2D eigenvalue weighted by atomic mass is 32.1. The van der Waals surface area contributed by atoms with Crippen molar-refractivity contribution in [3.8, 4) is 0 Å². The highest BCUT2D eigenvalue weighted by molar-refractivity contribution is 7.09. The molecule has 0 spiro atoms. The van der Waals surface area contributed by atoms with Crippen LogP contribution in [0.4, 0.5) is 0 Å². The molecule has 2 nitrogen and oxygen atoms in total. The molecule has 0 bridgehead atoms. The smallest absolute Gasteiger partial charge is 0.0794 e. The molecule has 0 radical (unpaired) electrons. The third-order valence-corrected chi connectivity index (χ3v) is 3.83. The summed E-state index contributed by atoms with van der Waals surface area (Å²) in [6.07, 6.45) is 1.92. The van der Waals surface area contributed by atoms with Gasteiger partial charge in [-0.3, -0.25) is 4.98 Å². The first-order valence-electron chi connectivity index (χ1n) is 5.81. The zero-order chi connectivity index (χ0) is 12.3. The van der Waals surface area contributed by atoms with E-state index in [2.05, 4.69) is 43.2 Å². The molecule has 0 atom stereocenters. The minimum Gasteiger partial charge on any atom is -0.308 e. The molecular weight excluding hydrogens is 228 g/mol. The Morgan fingerprint density at radius 2 is 1.82 bits per heavy atom. The van der Waals surface area contributed by atoms with Crippen LogP contribution in [-0.2, 0) is 13.1 Å². The lowest BCUT2D eigenvalue weighted by Crippen LogP contribution is -2.13. The van der Waals surface area contributed by atoms with Gasteiger partial charge in [0.25, 0.3) is 0 Å². The van der Waals surface area contributed by atoms with Crippen molar-refractivity contribution in [1.29, 1.82) is 0 Å². The lowest BCUT2D eigenvalue weighted by Gasteiger charge is -2.10. The molecule has 0 aliphatic heterocycles. The van der Waals surface area contributed by atoms with Crippen LogP contribution in [-0.4, -0.2) is 4.98 Å². The Labute approximate surface area is 107 Å². The van der Waals surface area contributed by atoms with E-state index >= 15 is 0 Å². The summed E-state index contributed by atoms with van der Waals surface area (Å²) in [6, 6.07) is 4.55. The van der Waals surface area contributed by atoms with Gasteiger partial charge in [0.15, 0.2) is 0 Å². The largest absolute Gasteiger partial charge is 0.308 e. The van der Waals surface area contributed by atoms with Crippen LogP contribution < -0.4 is 5.32 Å². The predicted molar refractivity (Wildman–Crippen MR) is 73.3 cm³/mol. The molecule has 1 N–H and O–H groups in total. The zero-order valence-corrected chi connectivity index (χ0v) is 11.4. The van der Waals surface area contributed by atoms with Crippen LogP contribution in [0, 0.1) is 20.8 Å². The van der Waals surface area contributed by atoms with Crippen LogP contribution in [0.15, 0.2) is 23.8 Å². The van der Waals surface area contributed by atoms with Crippen molar-refractivity contribution in [2.24, 2.45) is 0 Å². The van der Waals surface area contributed by atoms with E-state index in [1.165, 1.54) is 27.1 Å². The van der Waals surface area contributed by atoms with Gasteiger partial charge < -0.3 is 5.32 Å². The second kappa shape index (κ2) is 5.43. The van der Waals surface area contributed by atoms with Gasteiger partial charge in [0.1, 0.15) is 0 Å². The van der Waals surface area contributed by atoms with E-state index in [0.717, 1.165) is 13.1 Å². The molecule has 0 unspecified atom stereocenters. The summed E-state index contributed by atoms with van der Waals surface area (Å²) in [5.74, 6) is 0. The molecule has 3 heteroatoms. The average molecular weight is 246 g/mol. The van der Waals surface area contributed by atoms with E-state index in [-0.39, 0.29) is 0 Å². The molecule has 1 aromatic carbocycles. The van der Waals surface area contributed by atoms with Crippen molar-refractivity contribution in [2.45, 2.75) is 33.9 Å². The second-order valence-corrected chi connectivity index (χ2v) is 5.41. The average Bonchev–Trinajstić information content (AvgIpc) is 2.78. The van der Waals surface area contributed by atoms with Gasteiger partial charge >= 0.3 is 0 Å². The number of nitrogens with one attached hydrogen (secondary N) is 1. The quantitative estimate of drug-likeness (QED) is 0.894. The maximum atomic E-state index is 4.07. The molecule has 2 aromatic rings. The highest BCUT2D eigenvalue weighted by Gasteiger charge is 2.02. The van der Waals surface area contributed by atoms with Crippen molar-refractivity contribution in [3.05, 3.63) is 51.0 Å². The summed E-state index contributed by atoms with van der Waals surface area (Å²) in [6.45, 7) is 8.33. The van der Waals surface area contributed by atoms with Gasteiger partial charge in [-0.2, -0.15) is 0 Å². The maximum Gasteiger partial charge on any atom is 0.0794 e. The van der Waals surface area contributed by atoms with Crippen LogP contribution in [0.5, 0.6) is 0 Å². The number of hydrogen-bond acceptors (Lipinski definition) is 3. The van der Waals surface area contributed by atoms with Crippen molar-refractivity contribution in [2.75, 3.05) is 0 Å². The third kappa shape index (κ3) is 3.14. The first kappa shape index (κ1) is 12.3. The molecule has 0 saturated carbocycles. The van der Waals surface area contributed by atoms with E-state index in [1.54, 1.807) is 11.3 Å². The van der Waals surface area contributed by atoms with Crippen LogP contribution in [0.2, 0.25) is 0 Å². The predicted octanol–water partition coefficient (Wildman–Crippen LogP) is 3.36. The molecule has 2 rings (SSSR count). The molecule has 0 amide bonds. The molecule has 90 valence electrons. The molecule has 1 aromatic heterocycles. The second-order valence-electron chi connectivity index (χ2n) is 4.43. The van der Waals surface area contributed by atoms with Gasteiger partial charge in [-0.25, -0.2) is 0 Å². The Kier molecular flexibility index (Phi) is 3.92. The molecular formula is C14H18N2S. The fourth-order valence-corrected chi connectivity index (χ4v) is 2.42. The highest BCUT2D eigenvalue weighted by Crippen LogP contribution is 2.15. The number of nitrogens with zero attached hydrogens (tertiary/aromatic N) is 1. The first-order chi connectivity index (χ1) is 8.16. The van der Waals surface area contributed by atoms with Gasteiger partial charge in [-0.15, -0.1) is 11.3 Å². The molecule has 0 aliphatic rings. The summed E-state index contributed by atoms with van der Waals surface area (Å²) in [5, 5.41) is 3.46. The molecule has 17 heavy (non-hydrogen) atoms. The van der Waals surface area contributed by atoms with E-state index in [4.69, 9.17) is 0 Å². The Bertz CT molecular complexity index is 489. The van der Waals surface area contributed by atoms with E-state index in [0.29, 0.717) is 0 Å². The SMILES string of the molecule is Cc1cc(C)c(CNCc2cncs2)cc1C. The van der Waals surface area contributed by atoms with Crippen molar-refractivity contribution < 1.29 is 0 Å². The van der Waals surface area contributed by atoms with Gasteiger partial charge in [-0.1, -0.05) is 12.1 Å². The van der Waals surface area contributed by atoms with Crippen LogP contribution in [0.25, 0.3) is 0 Å². The molecule has 1 heterocycles. The summed E-state index contributed by atoms with van der Waals surface area (Å²) in [5.41, 5.74) is 7.36. The monoisotopic (exact) mass is 246 g/mol. The zero-order valence-electron chi connectivity index (χ0n) is 10.6. The van der Waals surface area contributed by atoms with E-state index in [1.807, 2.05) is 11.7 Å². The summed E-state index contributed by atoms with van der Waals surface area (Å²) >= 11 is 1.69. The minimum absolute atomic E-state index is 0.900.